The zero-order valence-electron chi connectivity index (χ0n) is 24.6. The van der Waals surface area contributed by atoms with Gasteiger partial charge in [0.2, 0.25) is 5.91 Å². The lowest BCUT2D eigenvalue weighted by atomic mass is 9.96. The molecule has 0 aromatic heterocycles. The van der Waals surface area contributed by atoms with Crippen LogP contribution in [0.5, 0.6) is 5.75 Å². The minimum atomic E-state index is -0.260. The molecule has 0 radical (unpaired) electrons. The summed E-state index contributed by atoms with van der Waals surface area (Å²) in [7, 11) is 0. The van der Waals surface area contributed by atoms with Crippen molar-refractivity contribution < 1.29 is 14.3 Å². The zero-order valence-corrected chi connectivity index (χ0v) is 27.0. The number of rotatable bonds is 10. The van der Waals surface area contributed by atoms with Gasteiger partial charge in [-0.05, 0) is 60.1 Å². The second-order valence-corrected chi connectivity index (χ2v) is 11.9. The van der Waals surface area contributed by atoms with Gasteiger partial charge in [0.25, 0.3) is 5.91 Å². The maximum Gasteiger partial charge on any atom is 0.256 e. The third-order valence-electron chi connectivity index (χ3n) is 7.56. The molecule has 10 heteroatoms. The summed E-state index contributed by atoms with van der Waals surface area (Å²) in [6.45, 7) is 2.95. The summed E-state index contributed by atoms with van der Waals surface area (Å²) in [5, 5.41) is 6.79. The number of anilines is 1. The van der Waals surface area contributed by atoms with Gasteiger partial charge in [-0.25, -0.2) is 0 Å². The molecule has 0 bridgehead atoms. The van der Waals surface area contributed by atoms with E-state index in [4.69, 9.17) is 40.2 Å². The Morgan fingerprint density at radius 3 is 2.09 bits per heavy atom. The summed E-state index contributed by atoms with van der Waals surface area (Å²) < 4.78 is 5.64. The molecule has 5 rings (SSSR count). The molecular weight excluding hydrogens is 627 g/mol. The van der Waals surface area contributed by atoms with Crippen LogP contribution in [-0.4, -0.2) is 59.5 Å². The lowest BCUT2D eigenvalue weighted by Crippen LogP contribution is -2.50. The number of hydrogen-bond donors (Lipinski definition) is 2. The minimum Gasteiger partial charge on any atom is -0.492 e. The molecule has 1 fully saturated rings. The zero-order chi connectivity index (χ0) is 31.6. The summed E-state index contributed by atoms with van der Waals surface area (Å²) in [5.41, 5.74) is 3.50. The van der Waals surface area contributed by atoms with E-state index in [-0.39, 0.29) is 29.4 Å². The molecule has 0 atom stereocenters. The van der Waals surface area contributed by atoms with Crippen molar-refractivity contribution in [2.45, 2.75) is 18.9 Å². The molecular formula is C35H34Cl2N4O3S. The first-order chi connectivity index (χ1) is 21.9. The molecule has 1 aliphatic rings. The van der Waals surface area contributed by atoms with Gasteiger partial charge in [-0.15, -0.1) is 0 Å². The van der Waals surface area contributed by atoms with Crippen LogP contribution in [0.1, 0.15) is 40.4 Å². The van der Waals surface area contributed by atoms with Gasteiger partial charge in [-0.2, -0.15) is 0 Å². The number of thiocarbonyl (C=S) groups is 1. The van der Waals surface area contributed by atoms with Crippen LogP contribution in [0.3, 0.4) is 0 Å². The molecule has 2 amide bonds. The van der Waals surface area contributed by atoms with Gasteiger partial charge in [-0.1, -0.05) is 96.0 Å². The topological polar surface area (TPSA) is 73.9 Å². The molecule has 232 valence electrons. The van der Waals surface area contributed by atoms with Gasteiger partial charge in [0.05, 0.1) is 28.9 Å². The highest BCUT2D eigenvalue weighted by molar-refractivity contribution is 7.80. The number of para-hydroxylation sites is 1. The molecule has 1 heterocycles. The van der Waals surface area contributed by atoms with Crippen molar-refractivity contribution in [1.29, 1.82) is 0 Å². The van der Waals surface area contributed by atoms with Crippen molar-refractivity contribution in [2.24, 2.45) is 0 Å². The summed E-state index contributed by atoms with van der Waals surface area (Å²) >= 11 is 17.4. The van der Waals surface area contributed by atoms with Crippen LogP contribution >= 0.6 is 35.4 Å². The van der Waals surface area contributed by atoms with Crippen LogP contribution in [-0.2, 0) is 4.79 Å². The van der Waals surface area contributed by atoms with Crippen molar-refractivity contribution in [3.63, 3.8) is 0 Å². The van der Waals surface area contributed by atoms with E-state index in [1.54, 1.807) is 30.3 Å². The third kappa shape index (κ3) is 8.83. The Hall–Kier alpha value is -3.95. The smallest absolute Gasteiger partial charge is 0.256 e. The fraction of sp³-hybridized carbons (Fsp3) is 0.229. The Balaban J connectivity index is 1.13. The van der Waals surface area contributed by atoms with E-state index in [0.717, 1.165) is 13.1 Å². The molecule has 0 saturated carbocycles. The van der Waals surface area contributed by atoms with Crippen LogP contribution in [0, 0.1) is 0 Å². The molecule has 0 spiro atoms. The normalized spacial score (nSPS) is 13.4. The van der Waals surface area contributed by atoms with Crippen molar-refractivity contribution >= 4 is 58.0 Å². The highest BCUT2D eigenvalue weighted by Crippen LogP contribution is 2.30. The van der Waals surface area contributed by atoms with E-state index < -0.39 is 0 Å². The SMILES string of the molecule is O=C(CCCOc1ccc(Cl)cc1Cl)NC(=S)Nc1ccccc1C(=O)N1CCN(C(c2ccccc2)c2ccccc2)CC1. The van der Waals surface area contributed by atoms with Crippen molar-refractivity contribution in [3.8, 4) is 5.75 Å². The Kier molecular flexibility index (Phi) is 11.4. The monoisotopic (exact) mass is 660 g/mol. The summed E-state index contributed by atoms with van der Waals surface area (Å²) in [6, 6.07) is 33.2. The number of amides is 2. The number of hydrogen-bond acceptors (Lipinski definition) is 5. The second kappa shape index (κ2) is 15.9. The number of benzene rings is 4. The van der Waals surface area contributed by atoms with E-state index in [9.17, 15) is 9.59 Å². The van der Waals surface area contributed by atoms with E-state index in [0.29, 0.717) is 53.2 Å². The van der Waals surface area contributed by atoms with Crippen LogP contribution in [0.4, 0.5) is 5.69 Å². The fourth-order valence-corrected chi connectivity index (χ4v) is 6.05. The molecule has 4 aromatic rings. The number of carbonyl (C=O) groups is 2. The molecule has 0 unspecified atom stereocenters. The van der Waals surface area contributed by atoms with Gasteiger partial charge in [0.1, 0.15) is 5.75 Å². The van der Waals surface area contributed by atoms with E-state index in [2.05, 4.69) is 64.1 Å². The average molecular weight is 662 g/mol. The number of nitrogens with one attached hydrogen (secondary N) is 2. The Morgan fingerprint density at radius 1 is 0.822 bits per heavy atom. The first kappa shape index (κ1) is 32.4. The predicted molar refractivity (Wildman–Crippen MR) is 184 cm³/mol. The maximum absolute atomic E-state index is 13.7. The maximum atomic E-state index is 13.7. The highest BCUT2D eigenvalue weighted by Gasteiger charge is 2.29. The molecule has 7 nitrogen and oxygen atoms in total. The first-order valence-electron chi connectivity index (χ1n) is 14.8. The number of ether oxygens (including phenoxy) is 1. The van der Waals surface area contributed by atoms with E-state index >= 15 is 0 Å². The van der Waals surface area contributed by atoms with Gasteiger partial charge >= 0.3 is 0 Å². The molecule has 4 aromatic carbocycles. The van der Waals surface area contributed by atoms with Crippen LogP contribution in [0.2, 0.25) is 10.0 Å². The van der Waals surface area contributed by atoms with Gasteiger partial charge in [-0.3, -0.25) is 14.5 Å². The molecule has 1 aliphatic heterocycles. The van der Waals surface area contributed by atoms with Gasteiger partial charge in [0.15, 0.2) is 5.11 Å². The predicted octanol–water partition coefficient (Wildman–Crippen LogP) is 7.21. The van der Waals surface area contributed by atoms with Crippen molar-refractivity contribution in [3.05, 3.63) is 130 Å². The first-order valence-corrected chi connectivity index (χ1v) is 16.0. The number of carbonyl (C=O) groups excluding carboxylic acids is 2. The third-order valence-corrected chi connectivity index (χ3v) is 8.29. The summed E-state index contributed by atoms with van der Waals surface area (Å²) in [4.78, 5) is 30.5. The van der Waals surface area contributed by atoms with E-state index in [1.807, 2.05) is 29.2 Å². The summed E-state index contributed by atoms with van der Waals surface area (Å²) in [5.74, 6) is 0.166. The number of nitrogens with zero attached hydrogens (tertiary/aromatic N) is 2. The lowest BCUT2D eigenvalue weighted by Gasteiger charge is -2.40. The van der Waals surface area contributed by atoms with Crippen LogP contribution in [0.25, 0.3) is 0 Å². The minimum absolute atomic E-state index is 0.0825. The molecule has 45 heavy (non-hydrogen) atoms. The van der Waals surface area contributed by atoms with Gasteiger partial charge < -0.3 is 20.3 Å². The van der Waals surface area contributed by atoms with Crippen LogP contribution in [0.15, 0.2) is 103 Å². The molecule has 0 aliphatic carbocycles. The fourth-order valence-electron chi connectivity index (χ4n) is 5.37. The Bertz CT molecular complexity index is 1580. The van der Waals surface area contributed by atoms with Crippen molar-refractivity contribution in [1.82, 2.24) is 15.1 Å². The standard InChI is InChI=1S/C35H34Cl2N4O3S/c36-27-17-18-31(29(37)24-27)44-23-9-16-32(42)39-35(45)38-30-15-8-7-14-28(30)34(43)41-21-19-40(20-22-41)33(25-10-3-1-4-11-25)26-12-5-2-6-13-26/h1-8,10-15,17-18,24,33H,9,16,19-23H2,(H2,38,39,42,45). The van der Waals surface area contributed by atoms with E-state index in [1.165, 1.54) is 11.1 Å². The van der Waals surface area contributed by atoms with Crippen LogP contribution < -0.4 is 15.4 Å². The van der Waals surface area contributed by atoms with Gasteiger partial charge in [0, 0.05) is 37.6 Å². The number of piperazine rings is 1. The quantitative estimate of drug-likeness (QED) is 0.138. The Labute approximate surface area is 279 Å². The summed E-state index contributed by atoms with van der Waals surface area (Å²) in [6.07, 6.45) is 0.661. The molecule has 2 N–H and O–H groups in total. The average Bonchev–Trinajstić information content (AvgIpc) is 3.05. The molecule has 1 saturated heterocycles. The second-order valence-electron chi connectivity index (χ2n) is 10.6. The Morgan fingerprint density at radius 2 is 1.44 bits per heavy atom. The van der Waals surface area contributed by atoms with Crippen molar-refractivity contribution in [2.75, 3.05) is 38.1 Å². The highest BCUT2D eigenvalue weighted by atomic mass is 35.5. The largest absolute Gasteiger partial charge is 0.492 e. The number of halogens is 2. The lowest BCUT2D eigenvalue weighted by molar-refractivity contribution is -0.119.